The van der Waals surface area contributed by atoms with Gasteiger partial charge in [0.15, 0.2) is 0 Å². The number of carbonyl (C=O) groups excluding carboxylic acids is 4. The number of carbonyl (C=O) groups is 4. The van der Waals surface area contributed by atoms with Crippen LogP contribution in [0, 0.1) is 23.7 Å². The molecule has 2 aliphatic carbocycles. The van der Waals surface area contributed by atoms with Crippen LogP contribution in [0.15, 0.2) is 167 Å². The lowest BCUT2D eigenvalue weighted by molar-refractivity contribution is -0.145. The van der Waals surface area contributed by atoms with Gasteiger partial charge in [-0.1, -0.05) is 165 Å². The van der Waals surface area contributed by atoms with Gasteiger partial charge in [-0.2, -0.15) is 0 Å². The van der Waals surface area contributed by atoms with Crippen LogP contribution in [0.3, 0.4) is 0 Å². The number of nitrogens with one attached hydrogen (secondary N) is 2. The highest BCUT2D eigenvalue weighted by Gasteiger charge is 2.81. The van der Waals surface area contributed by atoms with E-state index in [4.69, 9.17) is 9.47 Å². The SMILES string of the molecule is CCN(CC)C(=O)[C@@]1(c2ccc(Br)cc2)[C@@H]2[C@H]1[C@@H](c1ccc(-c3ccccc3)cc1)N[C@H]2C(=O)OC.CCN(CC)C(=O)[C@@]1(c2ccc(Br)cc2)[C@@H]2[C@H]1[C@@H](c1ccc(-c3ccccc3)cc1)N[C@H]2C(=O)OC. The molecule has 0 bridgehead atoms. The second kappa shape index (κ2) is 21.3. The molecule has 0 aromatic heterocycles. The van der Waals surface area contributed by atoms with Crippen LogP contribution in [-0.2, 0) is 39.5 Å². The number of fused-ring (bicyclic) bond motifs is 2. The Morgan fingerprint density at radius 1 is 0.444 bits per heavy atom. The van der Waals surface area contributed by atoms with E-state index in [2.05, 4.69) is 115 Å². The van der Waals surface area contributed by atoms with Crippen molar-refractivity contribution in [2.45, 2.75) is 62.7 Å². The molecule has 2 amide bonds. The molecule has 2 heterocycles. The summed E-state index contributed by atoms with van der Waals surface area (Å²) < 4.78 is 12.3. The Morgan fingerprint density at radius 3 is 1.04 bits per heavy atom. The average Bonchev–Trinajstić information content (AvgIpc) is 4.17. The minimum absolute atomic E-state index is 0.0570. The fourth-order valence-corrected chi connectivity index (χ4v) is 13.0. The van der Waals surface area contributed by atoms with Crippen LogP contribution < -0.4 is 10.6 Å². The summed E-state index contributed by atoms with van der Waals surface area (Å²) in [7, 11) is 2.83. The second-order valence-corrected chi connectivity index (χ2v) is 20.9. The van der Waals surface area contributed by atoms with Crippen LogP contribution >= 0.6 is 31.9 Å². The van der Waals surface area contributed by atoms with E-state index >= 15 is 0 Å². The number of likely N-dealkylation sites (N-methyl/N-ethyl adjacent to an activating group) is 2. The number of hydrogen-bond acceptors (Lipinski definition) is 8. The summed E-state index contributed by atoms with van der Waals surface area (Å²) in [6, 6.07) is 52.0. The molecule has 2 saturated carbocycles. The second-order valence-electron chi connectivity index (χ2n) is 19.1. The first-order valence-electron chi connectivity index (χ1n) is 25.0. The van der Waals surface area contributed by atoms with E-state index in [-0.39, 0.29) is 59.5 Å². The summed E-state index contributed by atoms with van der Waals surface area (Å²) in [5.41, 5.74) is 7.07. The number of nitrogens with zero attached hydrogens (tertiary/aromatic N) is 2. The van der Waals surface area contributed by atoms with Crippen LogP contribution in [0.1, 0.15) is 62.0 Å². The Labute approximate surface area is 440 Å². The van der Waals surface area contributed by atoms with Crippen molar-refractivity contribution >= 4 is 55.6 Å². The van der Waals surface area contributed by atoms with E-state index in [1.54, 1.807) is 0 Å². The van der Waals surface area contributed by atoms with E-state index in [0.29, 0.717) is 26.2 Å². The molecular weight excluding hydrogens is 1030 g/mol. The number of esters is 2. The van der Waals surface area contributed by atoms with E-state index in [1.807, 2.05) is 122 Å². The molecule has 2 N–H and O–H groups in total. The van der Waals surface area contributed by atoms with Gasteiger partial charge in [0.05, 0.1) is 25.0 Å². The van der Waals surface area contributed by atoms with Gasteiger partial charge in [0.2, 0.25) is 11.8 Å². The fourth-order valence-electron chi connectivity index (χ4n) is 12.5. The van der Waals surface area contributed by atoms with Crippen molar-refractivity contribution in [1.82, 2.24) is 20.4 Å². The van der Waals surface area contributed by atoms with Gasteiger partial charge in [0.25, 0.3) is 0 Å². The van der Waals surface area contributed by atoms with Crippen molar-refractivity contribution < 1.29 is 28.7 Å². The maximum Gasteiger partial charge on any atom is 0.323 e. The average molecular weight is 1090 g/mol. The third-order valence-electron chi connectivity index (χ3n) is 15.9. The zero-order valence-corrected chi connectivity index (χ0v) is 44.7. The molecule has 4 aliphatic rings. The van der Waals surface area contributed by atoms with E-state index < -0.39 is 22.9 Å². The molecule has 372 valence electrons. The lowest BCUT2D eigenvalue weighted by Crippen LogP contribution is -2.48. The summed E-state index contributed by atoms with van der Waals surface area (Å²) in [6.45, 7) is 10.5. The molecule has 2 saturated heterocycles. The lowest BCUT2D eigenvalue weighted by Gasteiger charge is -2.32. The first-order valence-corrected chi connectivity index (χ1v) is 26.6. The van der Waals surface area contributed by atoms with Gasteiger partial charge in [-0.3, -0.25) is 29.8 Å². The number of piperidine rings is 2. The van der Waals surface area contributed by atoms with Crippen molar-refractivity contribution in [2.75, 3.05) is 40.4 Å². The molecule has 6 aromatic carbocycles. The van der Waals surface area contributed by atoms with E-state index in [0.717, 1.165) is 53.5 Å². The summed E-state index contributed by atoms with van der Waals surface area (Å²) in [5.74, 6) is -0.940. The maximum absolute atomic E-state index is 14.2. The number of rotatable bonds is 14. The highest BCUT2D eigenvalue weighted by Crippen LogP contribution is 2.71. The maximum atomic E-state index is 14.2. The Kier molecular flexibility index (Phi) is 15.1. The Bertz CT molecular complexity index is 2680. The van der Waals surface area contributed by atoms with Gasteiger partial charge >= 0.3 is 11.9 Å². The summed E-state index contributed by atoms with van der Waals surface area (Å²) >= 11 is 7.05. The Hall–Kier alpha value is -5.92. The normalized spacial score (nSPS) is 26.2. The highest BCUT2D eigenvalue weighted by molar-refractivity contribution is 9.10. The van der Waals surface area contributed by atoms with E-state index in [9.17, 15) is 19.2 Å². The van der Waals surface area contributed by atoms with Crippen LogP contribution in [0.2, 0.25) is 0 Å². The standard InChI is InChI=1S/2C30H31BrN2O3/c2*1-4-33(5-2)29(35)30(22-15-17-23(31)18-16-22)24-25(30)27(28(34)36-3)32-26(24)21-13-11-20(12-14-21)19-9-7-6-8-10-19/h2*6-18,24-27,32H,4-5H2,1-3H3/t2*24-,25+,26+,27+,30+/m00/s1. The molecule has 2 aliphatic heterocycles. The van der Waals surface area contributed by atoms with Gasteiger partial charge in [0.1, 0.15) is 12.1 Å². The number of benzene rings is 6. The molecule has 0 unspecified atom stereocenters. The largest absolute Gasteiger partial charge is 0.468 e. The molecule has 10 nitrogen and oxygen atoms in total. The zero-order chi connectivity index (χ0) is 50.9. The molecule has 10 rings (SSSR count). The summed E-state index contributed by atoms with van der Waals surface area (Å²) in [5, 5.41) is 7.06. The quantitative estimate of drug-likeness (QED) is 0.104. The molecule has 4 fully saturated rings. The van der Waals surface area contributed by atoms with Crippen molar-refractivity contribution in [3.8, 4) is 22.3 Å². The molecule has 0 spiro atoms. The predicted octanol–water partition coefficient (Wildman–Crippen LogP) is 10.7. The number of hydrogen-bond donors (Lipinski definition) is 2. The van der Waals surface area contributed by atoms with Gasteiger partial charge in [-0.25, -0.2) is 0 Å². The van der Waals surface area contributed by atoms with Crippen molar-refractivity contribution in [2.24, 2.45) is 23.7 Å². The molecule has 12 heteroatoms. The topological polar surface area (TPSA) is 117 Å². The predicted molar refractivity (Wildman–Crippen MR) is 289 cm³/mol. The first kappa shape index (κ1) is 51.0. The highest BCUT2D eigenvalue weighted by atomic mass is 79.9. The Morgan fingerprint density at radius 2 is 0.750 bits per heavy atom. The number of methoxy groups -OCH3 is 2. The smallest absolute Gasteiger partial charge is 0.323 e. The summed E-state index contributed by atoms with van der Waals surface area (Å²) in [6.07, 6.45) is 0. The molecular formula is C60H62Br2N4O6. The van der Waals surface area contributed by atoms with Gasteiger partial charge in [0, 0.05) is 70.9 Å². The minimum atomic E-state index is -0.778. The van der Waals surface area contributed by atoms with Crippen LogP contribution in [0.5, 0.6) is 0 Å². The van der Waals surface area contributed by atoms with E-state index in [1.165, 1.54) is 14.2 Å². The minimum Gasteiger partial charge on any atom is -0.468 e. The van der Waals surface area contributed by atoms with Crippen LogP contribution in [-0.4, -0.2) is 86.0 Å². The van der Waals surface area contributed by atoms with Crippen LogP contribution in [0.25, 0.3) is 22.3 Å². The monoisotopic (exact) mass is 1090 g/mol. The number of ether oxygens (including phenoxy) is 2. The van der Waals surface area contributed by atoms with Crippen molar-refractivity contribution in [3.05, 3.63) is 189 Å². The Balaban J connectivity index is 0.000000178. The fraction of sp³-hybridized carbons (Fsp3) is 0.333. The van der Waals surface area contributed by atoms with Crippen molar-refractivity contribution in [1.29, 1.82) is 0 Å². The molecule has 6 aromatic rings. The lowest BCUT2D eigenvalue weighted by atomic mass is 9.84. The number of halogens is 2. The number of amides is 2. The third kappa shape index (κ3) is 8.81. The van der Waals surface area contributed by atoms with Gasteiger partial charge in [-0.05, 0) is 96.5 Å². The summed E-state index contributed by atoms with van der Waals surface area (Å²) in [4.78, 5) is 58.1. The third-order valence-corrected chi connectivity index (χ3v) is 17.0. The zero-order valence-electron chi connectivity index (χ0n) is 41.6. The molecule has 72 heavy (non-hydrogen) atoms. The molecule has 10 atom stereocenters. The van der Waals surface area contributed by atoms with Crippen LogP contribution in [0.4, 0.5) is 0 Å². The van der Waals surface area contributed by atoms with Crippen molar-refractivity contribution in [3.63, 3.8) is 0 Å². The molecule has 0 radical (unpaired) electrons. The van der Waals surface area contributed by atoms with Gasteiger partial charge < -0.3 is 19.3 Å². The van der Waals surface area contributed by atoms with Gasteiger partial charge in [-0.15, -0.1) is 0 Å². The first-order chi connectivity index (χ1) is 34.9.